The molecular weight excluding hydrogens is 168 g/mol. The van der Waals surface area contributed by atoms with Crippen LogP contribution < -0.4 is 5.73 Å². The van der Waals surface area contributed by atoms with Gasteiger partial charge in [0.15, 0.2) is 0 Å². The van der Waals surface area contributed by atoms with E-state index in [2.05, 4.69) is 0 Å². The van der Waals surface area contributed by atoms with Gasteiger partial charge in [0.2, 0.25) is 0 Å². The molecule has 0 bridgehead atoms. The maximum atomic E-state index is 10.9. The highest BCUT2D eigenvalue weighted by molar-refractivity contribution is 5.66. The predicted octanol–water partition coefficient (Wildman–Crippen LogP) is 1.11. The molecule has 0 aromatic heterocycles. The Morgan fingerprint density at radius 1 is 1.54 bits per heavy atom. The maximum absolute atomic E-state index is 10.9. The molecule has 1 rings (SSSR count). The van der Waals surface area contributed by atoms with Crippen LogP contribution in [0.2, 0.25) is 0 Å². The van der Waals surface area contributed by atoms with Crippen molar-refractivity contribution >= 4 is 6.09 Å². The minimum absolute atomic E-state index is 0.0175. The number of hydrogen-bond donors (Lipinski definition) is 2. The van der Waals surface area contributed by atoms with Crippen LogP contribution in [0.25, 0.3) is 0 Å². The van der Waals surface area contributed by atoms with Gasteiger partial charge in [0.1, 0.15) is 0 Å². The molecule has 4 heteroatoms. The third-order valence-corrected chi connectivity index (χ3v) is 2.58. The number of rotatable bonds is 0. The van der Waals surface area contributed by atoms with Gasteiger partial charge in [0, 0.05) is 12.6 Å². The van der Waals surface area contributed by atoms with Crippen LogP contribution in [0.3, 0.4) is 0 Å². The van der Waals surface area contributed by atoms with Gasteiger partial charge in [-0.2, -0.15) is 0 Å². The molecule has 1 fully saturated rings. The van der Waals surface area contributed by atoms with E-state index in [0.717, 1.165) is 6.42 Å². The molecule has 1 heterocycles. The monoisotopic (exact) mass is 186 g/mol. The average Bonchev–Trinajstić information content (AvgIpc) is 2.28. The number of nitrogens with zero attached hydrogens (tertiary/aromatic N) is 1. The van der Waals surface area contributed by atoms with Crippen molar-refractivity contribution in [3.8, 4) is 0 Å². The standard InChI is InChI=1S/C9H18N2O2/c1-9(2,3)7-6(10)4-5-11(7)8(12)13/h6-7H,4-5,10H2,1-3H3,(H,12,13)/t6?,7-/m0/s1. The lowest BCUT2D eigenvalue weighted by Gasteiger charge is -2.35. The lowest BCUT2D eigenvalue weighted by Crippen LogP contribution is -2.49. The largest absolute Gasteiger partial charge is 0.465 e. The summed E-state index contributed by atoms with van der Waals surface area (Å²) in [5, 5.41) is 8.94. The zero-order valence-electron chi connectivity index (χ0n) is 8.45. The van der Waals surface area contributed by atoms with Gasteiger partial charge < -0.3 is 15.7 Å². The number of nitrogens with two attached hydrogens (primary N) is 1. The molecule has 0 spiro atoms. The first-order valence-corrected chi connectivity index (χ1v) is 4.59. The molecule has 0 aromatic rings. The average molecular weight is 186 g/mol. The van der Waals surface area contributed by atoms with Crippen LogP contribution in [0.4, 0.5) is 4.79 Å². The zero-order chi connectivity index (χ0) is 10.2. The van der Waals surface area contributed by atoms with Crippen LogP contribution in [0, 0.1) is 5.41 Å². The quantitative estimate of drug-likeness (QED) is 0.595. The van der Waals surface area contributed by atoms with Gasteiger partial charge >= 0.3 is 6.09 Å². The molecular formula is C9H18N2O2. The number of amides is 1. The third-order valence-electron chi connectivity index (χ3n) is 2.58. The van der Waals surface area contributed by atoms with Crippen molar-refractivity contribution in [2.45, 2.75) is 39.3 Å². The molecule has 0 saturated carbocycles. The van der Waals surface area contributed by atoms with Gasteiger partial charge in [-0.3, -0.25) is 0 Å². The van der Waals surface area contributed by atoms with Crippen molar-refractivity contribution in [2.24, 2.45) is 11.1 Å². The van der Waals surface area contributed by atoms with Crippen molar-refractivity contribution in [3.05, 3.63) is 0 Å². The molecule has 3 N–H and O–H groups in total. The van der Waals surface area contributed by atoms with E-state index in [1.165, 1.54) is 4.90 Å². The van der Waals surface area contributed by atoms with Gasteiger partial charge in [-0.1, -0.05) is 20.8 Å². The van der Waals surface area contributed by atoms with E-state index in [9.17, 15) is 4.79 Å². The Morgan fingerprint density at radius 2 is 2.08 bits per heavy atom. The number of carbonyl (C=O) groups is 1. The van der Waals surface area contributed by atoms with E-state index in [-0.39, 0.29) is 17.5 Å². The minimum atomic E-state index is -0.854. The van der Waals surface area contributed by atoms with Crippen LogP contribution in [0.15, 0.2) is 0 Å². The van der Waals surface area contributed by atoms with Gasteiger partial charge in [0.25, 0.3) is 0 Å². The summed E-state index contributed by atoms with van der Waals surface area (Å²) in [4.78, 5) is 12.3. The van der Waals surface area contributed by atoms with Crippen LogP contribution in [-0.2, 0) is 0 Å². The van der Waals surface area contributed by atoms with E-state index in [4.69, 9.17) is 10.8 Å². The zero-order valence-corrected chi connectivity index (χ0v) is 8.45. The van der Waals surface area contributed by atoms with Gasteiger partial charge in [0.05, 0.1) is 6.04 Å². The molecule has 2 atom stereocenters. The topological polar surface area (TPSA) is 66.6 Å². The fourth-order valence-electron chi connectivity index (χ4n) is 2.14. The molecule has 1 amide bonds. The van der Waals surface area contributed by atoms with Crippen molar-refractivity contribution < 1.29 is 9.90 Å². The fraction of sp³-hybridized carbons (Fsp3) is 0.889. The van der Waals surface area contributed by atoms with Gasteiger partial charge in [-0.15, -0.1) is 0 Å². The Bertz CT molecular complexity index is 210. The summed E-state index contributed by atoms with van der Waals surface area (Å²) >= 11 is 0. The molecule has 13 heavy (non-hydrogen) atoms. The Kier molecular flexibility index (Phi) is 2.52. The minimum Gasteiger partial charge on any atom is -0.465 e. The molecule has 0 radical (unpaired) electrons. The molecule has 1 saturated heterocycles. The summed E-state index contributed by atoms with van der Waals surface area (Å²) < 4.78 is 0. The molecule has 76 valence electrons. The Labute approximate surface area is 78.7 Å². The Hall–Kier alpha value is -0.770. The smallest absolute Gasteiger partial charge is 0.407 e. The molecule has 0 aromatic carbocycles. The Morgan fingerprint density at radius 3 is 2.38 bits per heavy atom. The van der Waals surface area contributed by atoms with E-state index in [1.807, 2.05) is 20.8 Å². The summed E-state index contributed by atoms with van der Waals surface area (Å²) in [7, 11) is 0. The molecule has 1 aliphatic heterocycles. The number of carboxylic acid groups (broad SMARTS) is 1. The first-order valence-electron chi connectivity index (χ1n) is 4.59. The SMILES string of the molecule is CC(C)(C)[C@@H]1C(N)CCN1C(=O)O. The normalized spacial score (nSPS) is 29.4. The number of likely N-dealkylation sites (tertiary alicyclic amines) is 1. The molecule has 0 aliphatic carbocycles. The van der Waals surface area contributed by atoms with E-state index in [1.54, 1.807) is 0 Å². The van der Waals surface area contributed by atoms with Crippen LogP contribution in [0.5, 0.6) is 0 Å². The summed E-state index contributed by atoms with van der Waals surface area (Å²) in [6, 6.07) is -0.0684. The van der Waals surface area contributed by atoms with Crippen LogP contribution in [0.1, 0.15) is 27.2 Å². The second-order valence-corrected chi connectivity index (χ2v) is 4.74. The number of hydrogen-bond acceptors (Lipinski definition) is 2. The van der Waals surface area contributed by atoms with Gasteiger partial charge in [-0.25, -0.2) is 4.79 Å². The highest BCUT2D eigenvalue weighted by Gasteiger charge is 2.42. The lowest BCUT2D eigenvalue weighted by molar-refractivity contribution is 0.102. The molecule has 1 aliphatic rings. The third kappa shape index (κ3) is 1.94. The summed E-state index contributed by atoms with van der Waals surface area (Å²) in [5.74, 6) is 0. The fourth-order valence-corrected chi connectivity index (χ4v) is 2.14. The molecule has 4 nitrogen and oxygen atoms in total. The van der Waals surface area contributed by atoms with E-state index >= 15 is 0 Å². The van der Waals surface area contributed by atoms with E-state index < -0.39 is 6.09 Å². The van der Waals surface area contributed by atoms with Crippen molar-refractivity contribution in [2.75, 3.05) is 6.54 Å². The maximum Gasteiger partial charge on any atom is 0.407 e. The highest BCUT2D eigenvalue weighted by Crippen LogP contribution is 2.31. The Balaban J connectivity index is 2.83. The highest BCUT2D eigenvalue weighted by atomic mass is 16.4. The first kappa shape index (κ1) is 10.3. The lowest BCUT2D eigenvalue weighted by atomic mass is 9.83. The van der Waals surface area contributed by atoms with Crippen LogP contribution >= 0.6 is 0 Å². The summed E-state index contributed by atoms with van der Waals surface area (Å²) in [6.45, 7) is 6.65. The molecule has 1 unspecified atom stereocenters. The van der Waals surface area contributed by atoms with Crippen molar-refractivity contribution in [1.29, 1.82) is 0 Å². The first-order chi connectivity index (χ1) is 5.84. The van der Waals surface area contributed by atoms with Crippen LogP contribution in [-0.4, -0.2) is 34.7 Å². The van der Waals surface area contributed by atoms with E-state index in [0.29, 0.717) is 6.54 Å². The summed E-state index contributed by atoms with van der Waals surface area (Å²) in [5.41, 5.74) is 5.81. The second-order valence-electron chi connectivity index (χ2n) is 4.74. The van der Waals surface area contributed by atoms with Crippen molar-refractivity contribution in [1.82, 2.24) is 4.90 Å². The van der Waals surface area contributed by atoms with Gasteiger partial charge in [-0.05, 0) is 11.8 Å². The summed E-state index contributed by atoms with van der Waals surface area (Å²) in [6.07, 6.45) is -0.0818. The second kappa shape index (κ2) is 3.18. The van der Waals surface area contributed by atoms with Crippen molar-refractivity contribution in [3.63, 3.8) is 0 Å². The predicted molar refractivity (Wildman–Crippen MR) is 50.6 cm³/mol.